The molecule has 0 saturated carbocycles. The van der Waals surface area contributed by atoms with Crippen molar-refractivity contribution >= 4 is 11.6 Å². The fourth-order valence-corrected chi connectivity index (χ4v) is 1.11. The number of halogens is 4. The van der Waals surface area contributed by atoms with Gasteiger partial charge in [-0.2, -0.15) is 18.4 Å². The molecule has 0 aliphatic carbocycles. The largest absolute Gasteiger partial charge is 0.416 e. The molecule has 0 fully saturated rings. The topological polar surface area (TPSA) is 36.7 Å². The van der Waals surface area contributed by atoms with Crippen LogP contribution in [0.4, 0.5) is 13.2 Å². The van der Waals surface area contributed by atoms with Gasteiger partial charge in [-0.1, -0.05) is 11.6 Å². The first kappa shape index (κ1) is 10.8. The van der Waals surface area contributed by atoms with E-state index in [4.69, 9.17) is 16.9 Å². The average Bonchev–Trinajstić information content (AvgIpc) is 2.02. The third-order valence-electron chi connectivity index (χ3n) is 1.43. The second kappa shape index (κ2) is 3.84. The summed E-state index contributed by atoms with van der Waals surface area (Å²) in [4.78, 5) is 3.58. The van der Waals surface area contributed by atoms with Gasteiger partial charge in [-0.3, -0.25) is 0 Å². The molecular formula is C8H4ClF3N2. The lowest BCUT2D eigenvalue weighted by atomic mass is 10.2. The van der Waals surface area contributed by atoms with Gasteiger partial charge in [0.2, 0.25) is 0 Å². The van der Waals surface area contributed by atoms with Gasteiger partial charge in [0.05, 0.1) is 23.7 Å². The lowest BCUT2D eigenvalue weighted by Crippen LogP contribution is -2.06. The van der Waals surface area contributed by atoms with E-state index >= 15 is 0 Å². The molecule has 2 nitrogen and oxygen atoms in total. The van der Waals surface area contributed by atoms with Crippen LogP contribution in [0.25, 0.3) is 0 Å². The summed E-state index contributed by atoms with van der Waals surface area (Å²) in [5.74, 6) is 0. The fourth-order valence-electron chi connectivity index (χ4n) is 0.886. The summed E-state index contributed by atoms with van der Waals surface area (Å²) < 4.78 is 36.7. The Balaban J connectivity index is 3.15. The van der Waals surface area contributed by atoms with Gasteiger partial charge < -0.3 is 0 Å². The number of hydrogen-bond acceptors (Lipinski definition) is 2. The molecule has 6 heteroatoms. The Labute approximate surface area is 82.9 Å². The minimum atomic E-state index is -4.46. The van der Waals surface area contributed by atoms with Crippen molar-refractivity contribution in [2.24, 2.45) is 0 Å². The van der Waals surface area contributed by atoms with Crippen LogP contribution in [-0.2, 0) is 12.6 Å². The first-order chi connectivity index (χ1) is 6.43. The van der Waals surface area contributed by atoms with E-state index in [1.54, 1.807) is 6.07 Å². The first-order valence-electron chi connectivity index (χ1n) is 3.54. The van der Waals surface area contributed by atoms with E-state index in [2.05, 4.69) is 4.98 Å². The van der Waals surface area contributed by atoms with Crippen molar-refractivity contribution in [1.82, 2.24) is 4.98 Å². The molecule has 1 heterocycles. The molecule has 0 bridgehead atoms. The van der Waals surface area contributed by atoms with Crippen LogP contribution in [0.3, 0.4) is 0 Å². The minimum Gasteiger partial charge on any atom is -0.240 e. The lowest BCUT2D eigenvalue weighted by Gasteiger charge is -2.07. The van der Waals surface area contributed by atoms with Crippen LogP contribution in [-0.4, -0.2) is 4.98 Å². The van der Waals surface area contributed by atoms with Crippen molar-refractivity contribution in [1.29, 1.82) is 5.26 Å². The van der Waals surface area contributed by atoms with Crippen LogP contribution < -0.4 is 0 Å². The van der Waals surface area contributed by atoms with Gasteiger partial charge in [-0.25, -0.2) is 4.98 Å². The standard InChI is InChI=1S/C8H4ClF3N2/c9-7-4-5(8(10,11)12)3-6(14-7)1-2-13/h3-4H,1H2. The summed E-state index contributed by atoms with van der Waals surface area (Å²) in [6.07, 6.45) is -4.65. The average molecular weight is 221 g/mol. The Kier molecular flexibility index (Phi) is 2.96. The van der Waals surface area contributed by atoms with Crippen molar-refractivity contribution in [3.63, 3.8) is 0 Å². The predicted molar refractivity (Wildman–Crippen MR) is 43.6 cm³/mol. The Hall–Kier alpha value is -1.28. The molecule has 0 amide bonds. The first-order valence-corrected chi connectivity index (χ1v) is 3.92. The number of nitriles is 1. The van der Waals surface area contributed by atoms with Crippen LogP contribution in [0.1, 0.15) is 11.3 Å². The second-order valence-electron chi connectivity index (χ2n) is 2.50. The maximum Gasteiger partial charge on any atom is 0.416 e. The van der Waals surface area contributed by atoms with Gasteiger partial charge in [0.15, 0.2) is 0 Å². The third kappa shape index (κ3) is 2.60. The molecule has 14 heavy (non-hydrogen) atoms. The molecule has 0 aliphatic heterocycles. The van der Waals surface area contributed by atoms with Crippen LogP contribution in [0.15, 0.2) is 12.1 Å². The van der Waals surface area contributed by atoms with Crippen molar-refractivity contribution in [2.75, 3.05) is 0 Å². The summed E-state index contributed by atoms with van der Waals surface area (Å²) in [7, 11) is 0. The highest BCUT2D eigenvalue weighted by molar-refractivity contribution is 6.29. The molecule has 0 aromatic carbocycles. The van der Waals surface area contributed by atoms with Crippen molar-refractivity contribution in [3.8, 4) is 6.07 Å². The van der Waals surface area contributed by atoms with Crippen molar-refractivity contribution < 1.29 is 13.2 Å². The van der Waals surface area contributed by atoms with Crippen LogP contribution >= 0.6 is 11.6 Å². The molecule has 0 unspecified atom stereocenters. The van der Waals surface area contributed by atoms with Crippen LogP contribution in [0.2, 0.25) is 5.15 Å². The van der Waals surface area contributed by atoms with Gasteiger partial charge in [0.1, 0.15) is 5.15 Å². The zero-order valence-electron chi connectivity index (χ0n) is 6.77. The molecule has 0 spiro atoms. The van der Waals surface area contributed by atoms with E-state index in [0.29, 0.717) is 0 Å². The Morgan fingerprint density at radius 1 is 1.43 bits per heavy atom. The second-order valence-corrected chi connectivity index (χ2v) is 2.89. The lowest BCUT2D eigenvalue weighted by molar-refractivity contribution is -0.137. The Bertz CT molecular complexity index is 381. The molecule has 0 aliphatic rings. The molecule has 74 valence electrons. The fraction of sp³-hybridized carbons (Fsp3) is 0.250. The summed E-state index contributed by atoms with van der Waals surface area (Å²) >= 11 is 5.37. The van der Waals surface area contributed by atoms with Gasteiger partial charge >= 0.3 is 6.18 Å². The Morgan fingerprint density at radius 2 is 2.07 bits per heavy atom. The summed E-state index contributed by atoms with van der Waals surface area (Å²) in [6, 6.07) is 3.24. The maximum atomic E-state index is 12.2. The summed E-state index contributed by atoms with van der Waals surface area (Å²) in [5, 5.41) is 8.03. The molecule has 1 rings (SSSR count). The molecule has 0 atom stereocenters. The number of hydrogen-bond donors (Lipinski definition) is 0. The molecule has 0 N–H and O–H groups in total. The monoisotopic (exact) mass is 220 g/mol. The Morgan fingerprint density at radius 3 is 2.57 bits per heavy atom. The van der Waals surface area contributed by atoms with Crippen molar-refractivity contribution in [3.05, 3.63) is 28.5 Å². The van der Waals surface area contributed by atoms with Gasteiger partial charge in [0.25, 0.3) is 0 Å². The van der Waals surface area contributed by atoms with Gasteiger partial charge in [-0.05, 0) is 12.1 Å². The maximum absolute atomic E-state index is 12.2. The van der Waals surface area contributed by atoms with E-state index in [-0.39, 0.29) is 17.3 Å². The number of aromatic nitrogens is 1. The number of alkyl halides is 3. The van der Waals surface area contributed by atoms with Crippen LogP contribution in [0, 0.1) is 11.3 Å². The van der Waals surface area contributed by atoms with E-state index in [9.17, 15) is 13.2 Å². The quantitative estimate of drug-likeness (QED) is 0.683. The highest BCUT2D eigenvalue weighted by Crippen LogP contribution is 2.30. The zero-order chi connectivity index (χ0) is 10.8. The molecule has 1 aromatic heterocycles. The normalized spacial score (nSPS) is 11.1. The molecule has 0 radical (unpaired) electrons. The highest BCUT2D eigenvalue weighted by Gasteiger charge is 2.31. The summed E-state index contributed by atoms with van der Waals surface area (Å²) in [6.45, 7) is 0. The minimum absolute atomic E-state index is 0.0207. The highest BCUT2D eigenvalue weighted by atomic mass is 35.5. The molecule has 0 saturated heterocycles. The van der Waals surface area contributed by atoms with E-state index in [1.165, 1.54) is 0 Å². The SMILES string of the molecule is N#CCc1cc(C(F)(F)F)cc(Cl)n1. The number of pyridine rings is 1. The van der Waals surface area contributed by atoms with Gasteiger partial charge in [0, 0.05) is 0 Å². The zero-order valence-corrected chi connectivity index (χ0v) is 7.52. The molecule has 1 aromatic rings. The number of nitrogens with zero attached hydrogens (tertiary/aromatic N) is 2. The van der Waals surface area contributed by atoms with E-state index in [1.807, 2.05) is 0 Å². The smallest absolute Gasteiger partial charge is 0.240 e. The predicted octanol–water partition coefficient (Wildman–Crippen LogP) is 2.82. The van der Waals surface area contributed by atoms with E-state index < -0.39 is 11.7 Å². The van der Waals surface area contributed by atoms with Crippen molar-refractivity contribution in [2.45, 2.75) is 12.6 Å². The van der Waals surface area contributed by atoms with E-state index in [0.717, 1.165) is 12.1 Å². The number of rotatable bonds is 1. The molecular weight excluding hydrogens is 217 g/mol. The van der Waals surface area contributed by atoms with Crippen LogP contribution in [0.5, 0.6) is 0 Å². The third-order valence-corrected chi connectivity index (χ3v) is 1.63. The summed E-state index contributed by atoms with van der Waals surface area (Å²) in [5.41, 5.74) is -0.866. The van der Waals surface area contributed by atoms with Gasteiger partial charge in [-0.15, -0.1) is 0 Å².